The number of nitrogens with two attached hydrogens (primary N) is 1. The SMILES string of the molecule is C[C@@H]1COC[C@H]2COc3c(nc(C(=O)C[C@H]4CCNC4=O)nc3C(C)(C)S(C)(=O)=O)N21.C[C@@H]1COC[C@H]2COc3c(nc(C(=O)O)nc3C(C)(C)S(C)(=O)=O)N21.N[C@H]1CCNC1=O. The van der Waals surface area contributed by atoms with Crippen molar-refractivity contribution in [2.75, 3.05) is 75.0 Å². The van der Waals surface area contributed by atoms with Crippen LogP contribution in [0, 0.1) is 5.92 Å². The summed E-state index contributed by atoms with van der Waals surface area (Å²) < 4.78 is 69.8. The van der Waals surface area contributed by atoms with Gasteiger partial charge in [-0.15, -0.1) is 0 Å². The van der Waals surface area contributed by atoms with Gasteiger partial charge in [0.25, 0.3) is 0 Å². The number of Topliss-reactive ketones (excluding diaryl/α,β-unsaturated/α-hetero) is 1. The molecule has 22 nitrogen and oxygen atoms in total. The Bertz CT molecular complexity index is 2360. The van der Waals surface area contributed by atoms with E-state index >= 15 is 0 Å². The number of anilines is 2. The summed E-state index contributed by atoms with van der Waals surface area (Å²) >= 11 is 0. The average Bonchev–Trinajstić information content (AvgIpc) is 3.80. The highest BCUT2D eigenvalue weighted by molar-refractivity contribution is 7.91. The fraction of sp³-hybridized carbons (Fsp3) is 0.692. The van der Waals surface area contributed by atoms with E-state index in [0.717, 1.165) is 25.5 Å². The number of hydrogen-bond donors (Lipinski definition) is 4. The van der Waals surface area contributed by atoms with Crippen LogP contribution in [0.5, 0.6) is 11.5 Å². The number of sulfone groups is 2. The normalized spacial score (nSPS) is 25.5. The highest BCUT2D eigenvalue weighted by atomic mass is 32.2. The number of nitrogens with zero attached hydrogens (tertiary/aromatic N) is 6. The van der Waals surface area contributed by atoms with Crippen LogP contribution in [0.1, 0.15) is 93.4 Å². The van der Waals surface area contributed by atoms with Crippen molar-refractivity contribution in [1.82, 2.24) is 30.6 Å². The lowest BCUT2D eigenvalue weighted by atomic mass is 10.00. The van der Waals surface area contributed by atoms with Gasteiger partial charge in [-0.05, 0) is 54.4 Å². The van der Waals surface area contributed by atoms with Crippen LogP contribution in [0.3, 0.4) is 0 Å². The van der Waals surface area contributed by atoms with Crippen LogP contribution in [-0.4, -0.2) is 161 Å². The zero-order chi connectivity index (χ0) is 46.4. The molecule has 6 atom stereocenters. The zero-order valence-corrected chi connectivity index (χ0v) is 38.3. The molecule has 0 aromatic carbocycles. The highest BCUT2D eigenvalue weighted by Crippen LogP contribution is 2.45. The largest absolute Gasteiger partial charge is 0.486 e. The number of aromatic carboxylic acids is 1. The molecule has 0 spiro atoms. The lowest BCUT2D eigenvalue weighted by molar-refractivity contribution is -0.122. The van der Waals surface area contributed by atoms with E-state index in [2.05, 4.69) is 30.6 Å². The van der Waals surface area contributed by atoms with Gasteiger partial charge in [-0.25, -0.2) is 41.6 Å². The molecule has 0 radical (unpaired) electrons. The quantitative estimate of drug-likeness (QED) is 0.248. The number of aromatic nitrogens is 4. The second-order valence-electron chi connectivity index (χ2n) is 17.6. The van der Waals surface area contributed by atoms with Gasteiger partial charge in [0.15, 0.2) is 48.6 Å². The number of carbonyl (C=O) groups excluding carboxylic acids is 3. The molecule has 348 valence electrons. The van der Waals surface area contributed by atoms with E-state index in [1.807, 2.05) is 23.6 Å². The molecule has 0 saturated carbocycles. The molecule has 0 bridgehead atoms. The fourth-order valence-electron chi connectivity index (χ4n) is 7.82. The summed E-state index contributed by atoms with van der Waals surface area (Å²) in [5.74, 6) is -1.62. The van der Waals surface area contributed by atoms with E-state index in [9.17, 15) is 41.1 Å². The van der Waals surface area contributed by atoms with Crippen LogP contribution in [0.4, 0.5) is 11.6 Å². The maximum absolute atomic E-state index is 13.1. The first-order valence-electron chi connectivity index (χ1n) is 20.6. The molecule has 8 heterocycles. The Morgan fingerprint density at radius 2 is 1.16 bits per heavy atom. The minimum atomic E-state index is -3.59. The van der Waals surface area contributed by atoms with Gasteiger partial charge in [0, 0.05) is 37.9 Å². The molecule has 2 aromatic rings. The fourth-order valence-corrected chi connectivity index (χ4v) is 8.80. The van der Waals surface area contributed by atoms with E-state index in [1.165, 1.54) is 13.8 Å². The molecule has 63 heavy (non-hydrogen) atoms. The molecule has 5 N–H and O–H groups in total. The summed E-state index contributed by atoms with van der Waals surface area (Å²) in [5, 5.41) is 14.7. The third-order valence-corrected chi connectivity index (χ3v) is 16.3. The van der Waals surface area contributed by atoms with E-state index in [-0.39, 0.29) is 77.2 Å². The zero-order valence-electron chi connectivity index (χ0n) is 36.7. The topological polar surface area (TPSA) is 302 Å². The van der Waals surface area contributed by atoms with Crippen molar-refractivity contribution >= 4 is 54.9 Å². The first-order chi connectivity index (χ1) is 29.3. The Kier molecular flexibility index (Phi) is 13.6. The molecule has 24 heteroatoms. The molecule has 4 saturated heterocycles. The predicted octanol–water partition coefficient (Wildman–Crippen LogP) is -0.274. The Labute approximate surface area is 366 Å². The number of ether oxygens (including phenoxy) is 4. The van der Waals surface area contributed by atoms with Crippen LogP contribution in [0.25, 0.3) is 0 Å². The van der Waals surface area contributed by atoms with Crippen LogP contribution >= 0.6 is 0 Å². The van der Waals surface area contributed by atoms with Crippen molar-refractivity contribution in [2.24, 2.45) is 11.7 Å². The summed E-state index contributed by atoms with van der Waals surface area (Å²) in [6, 6.07) is -0.521. The molecule has 0 unspecified atom stereocenters. The third kappa shape index (κ3) is 9.54. The minimum absolute atomic E-state index is 0.0139. The maximum Gasteiger partial charge on any atom is 0.374 e. The van der Waals surface area contributed by atoms with E-state index in [1.54, 1.807) is 13.8 Å². The predicted molar refractivity (Wildman–Crippen MR) is 227 cm³/mol. The van der Waals surface area contributed by atoms with Crippen molar-refractivity contribution in [3.05, 3.63) is 23.0 Å². The summed E-state index contributed by atoms with van der Waals surface area (Å²) in [5.41, 5.74) is 5.49. The van der Waals surface area contributed by atoms with Crippen LogP contribution in [0.2, 0.25) is 0 Å². The molecule has 6 aliphatic heterocycles. The Morgan fingerprint density at radius 1 is 0.714 bits per heavy atom. The number of rotatable bonds is 8. The number of nitrogens with one attached hydrogen (secondary N) is 2. The van der Waals surface area contributed by atoms with Gasteiger partial charge in [0.2, 0.25) is 23.4 Å². The van der Waals surface area contributed by atoms with Gasteiger partial charge in [0.1, 0.15) is 34.1 Å². The monoisotopic (exact) mass is 923 g/mol. The van der Waals surface area contributed by atoms with Crippen molar-refractivity contribution in [2.45, 2.75) is 101 Å². The smallest absolute Gasteiger partial charge is 0.374 e. The van der Waals surface area contributed by atoms with Gasteiger partial charge in [-0.1, -0.05) is 0 Å². The summed E-state index contributed by atoms with van der Waals surface area (Å²) in [4.78, 5) is 67.9. The summed E-state index contributed by atoms with van der Waals surface area (Å²) in [7, 11) is -7.17. The molecule has 2 aromatic heterocycles. The van der Waals surface area contributed by atoms with Crippen LogP contribution < -0.4 is 35.6 Å². The number of carboxylic acids is 1. The van der Waals surface area contributed by atoms with Gasteiger partial charge in [0.05, 0.1) is 56.6 Å². The van der Waals surface area contributed by atoms with E-state index < -0.39 is 52.7 Å². The molecule has 4 fully saturated rings. The summed E-state index contributed by atoms with van der Waals surface area (Å²) in [6.45, 7) is 13.7. The van der Waals surface area contributed by atoms with Gasteiger partial charge < -0.3 is 50.2 Å². The second-order valence-corrected chi connectivity index (χ2v) is 22.7. The Hall–Kier alpha value is -4.78. The molecular weight excluding hydrogens is 867 g/mol. The van der Waals surface area contributed by atoms with Crippen LogP contribution in [0.15, 0.2) is 0 Å². The lowest BCUT2D eigenvalue weighted by Crippen LogP contribution is -2.56. The van der Waals surface area contributed by atoms with Crippen LogP contribution in [-0.2, 0) is 48.2 Å². The number of amides is 2. The number of carbonyl (C=O) groups is 4. The molecule has 6 aliphatic rings. The van der Waals surface area contributed by atoms with Gasteiger partial charge >= 0.3 is 5.97 Å². The number of morpholine rings is 2. The van der Waals surface area contributed by atoms with Crippen molar-refractivity contribution in [3.8, 4) is 11.5 Å². The first kappa shape index (κ1) is 47.7. The summed E-state index contributed by atoms with van der Waals surface area (Å²) in [6.07, 6.45) is 3.56. The molecular formula is C39H57N9O13S2. The van der Waals surface area contributed by atoms with E-state index in [0.29, 0.717) is 64.2 Å². The number of fused-ring (bicyclic) bond motifs is 6. The number of carboxylic acid groups (broad SMARTS) is 1. The third-order valence-electron chi connectivity index (χ3n) is 12.2. The van der Waals surface area contributed by atoms with Crippen molar-refractivity contribution < 1.29 is 60.1 Å². The maximum atomic E-state index is 13.1. The second kappa shape index (κ2) is 18.0. The Balaban J connectivity index is 0.000000184. The molecule has 2 amide bonds. The number of hydrogen-bond acceptors (Lipinski definition) is 19. The van der Waals surface area contributed by atoms with Gasteiger partial charge in [-0.3, -0.25) is 14.4 Å². The standard InChI is InChI=1S/C20H28N4O6S.C15H21N3O6S.C4H8N2O/c1-11-8-29-9-13-10-30-15-16(20(2,3)31(4,27)28)22-17(23-18(15)24(11)13)14(25)7-12-5-6-21-19(12)26;1-8-5-23-6-9-7-24-10-11(15(2,3)25(4,21)22)16-12(14(19)20)17-13(10)18(8)9;5-3-1-2-6-4(3)7/h11-13H,5-10H2,1-4H3,(H,21,26);8-9H,5-7H2,1-4H3,(H,19,20);3H,1-2,5H2,(H,6,7)/t11-,12-,13+;8-,9+;3-/m110/s1. The molecule has 0 aliphatic carbocycles. The number of ketones is 1. The van der Waals surface area contributed by atoms with E-state index in [4.69, 9.17) is 24.7 Å². The lowest BCUT2D eigenvalue weighted by Gasteiger charge is -2.45. The first-order valence-corrected chi connectivity index (χ1v) is 24.4. The molecule has 8 rings (SSSR count). The van der Waals surface area contributed by atoms with Crippen molar-refractivity contribution in [3.63, 3.8) is 0 Å². The minimum Gasteiger partial charge on any atom is -0.486 e. The highest BCUT2D eigenvalue weighted by Gasteiger charge is 2.46. The van der Waals surface area contributed by atoms with Crippen molar-refractivity contribution in [1.29, 1.82) is 0 Å². The average molecular weight is 924 g/mol. The van der Waals surface area contributed by atoms with Gasteiger partial charge in [-0.2, -0.15) is 0 Å². The Morgan fingerprint density at radius 3 is 1.54 bits per heavy atom.